The first-order valence-corrected chi connectivity index (χ1v) is 44.9. The van der Waals surface area contributed by atoms with Gasteiger partial charge in [-0.05, 0) is 144 Å². The van der Waals surface area contributed by atoms with Gasteiger partial charge >= 0.3 is 0 Å². The highest BCUT2D eigenvalue weighted by Crippen LogP contribution is 2.47. The van der Waals surface area contributed by atoms with E-state index in [-0.39, 0.29) is 0 Å². The molecule has 0 fully saturated rings. The van der Waals surface area contributed by atoms with E-state index in [4.69, 9.17) is 4.74 Å². The summed E-state index contributed by atoms with van der Waals surface area (Å²) in [5, 5.41) is 6.68. The predicted molar refractivity (Wildman–Crippen MR) is 495 cm³/mol. The number of nitrogens with zero attached hydrogens (tertiary/aromatic N) is 4. The number of thiazole rings is 1. The summed E-state index contributed by atoms with van der Waals surface area (Å²) in [7, 11) is 2.61. The summed E-state index contributed by atoms with van der Waals surface area (Å²) in [6.07, 6.45) is 41.1. The quantitative estimate of drug-likeness (QED) is 0.0246. The number of hydrogen-bond acceptors (Lipinski definition) is 5. The molecule has 0 atom stereocenters. The molecule has 2 radical (unpaired) electrons. The maximum atomic E-state index is 6.45. The number of para-hydroxylation sites is 4. The molecule has 0 amide bonds. The fourth-order valence-electron chi connectivity index (χ4n) is 14.7. The number of pyridine rings is 1. The van der Waals surface area contributed by atoms with E-state index in [0.29, 0.717) is 0 Å². The second-order valence-corrected chi connectivity index (χ2v) is 36.0. The van der Waals surface area contributed by atoms with Gasteiger partial charge in [0.15, 0.2) is 26.9 Å². The Labute approximate surface area is 682 Å². The molecule has 10 heteroatoms. The standard InChI is InChI=1S/C40H43N2OS2.C30H33N2.C19H18BSi.C13H20B/c1-6-8-22-41-34-15-11-13-17-37(34)44-40(41)27-32-26-31(33-14-10-12-16-36(33)43-32)20-18-28(3)19-21-39-42(23-9-7-2)35-24-29(4)30(5)25-38(35)45-39;1-4-5-10-21-32-23-20-26(28-12-7-9-14-30(28)32)18-16-24(2)15-17-25-19-22-31(3)29-13-8-6-11-27(25)29;1-21(18-13-7-3-8-14-18,19-15-9-4-10-16-19)20-17-11-5-2-6-12-17;1-5-6-7-14-13-11(3)8-10(2)9-12(13)4/h10-21,24-27H,6-9,22-23H2,1-5H3;6-9,11-20,22-23H,4-5,10,21H2,1-3H3;2-16H,1H3;8-9H,5-7H2,1-4H3/q2*+1;;. The molecule has 568 valence electrons. The summed E-state index contributed by atoms with van der Waals surface area (Å²) in [5.41, 5.74) is 23.4. The van der Waals surface area contributed by atoms with E-state index in [0.717, 1.165) is 55.1 Å². The van der Waals surface area contributed by atoms with Crippen molar-refractivity contribution in [2.75, 3.05) is 22.9 Å². The van der Waals surface area contributed by atoms with E-state index in [1.54, 1.807) is 0 Å². The van der Waals surface area contributed by atoms with Crippen LogP contribution in [-0.4, -0.2) is 35.2 Å². The molecule has 5 nitrogen and oxygen atoms in total. The van der Waals surface area contributed by atoms with Gasteiger partial charge in [-0.15, -0.1) is 0 Å². The second-order valence-electron chi connectivity index (χ2n) is 30.1. The lowest BCUT2D eigenvalue weighted by atomic mass is 9.63. The smallest absolute Gasteiger partial charge is 0.266 e. The molecule has 14 rings (SSSR count). The third-order valence-corrected chi connectivity index (χ3v) is 27.4. The van der Waals surface area contributed by atoms with Crippen molar-refractivity contribution in [3.63, 3.8) is 0 Å². The number of ether oxygens (including phenoxy) is 1. The maximum Gasteiger partial charge on any atom is 0.266 e. The lowest BCUT2D eigenvalue weighted by molar-refractivity contribution is -0.669. The van der Waals surface area contributed by atoms with Gasteiger partial charge in [0.05, 0.1) is 30.1 Å². The van der Waals surface area contributed by atoms with E-state index in [1.165, 1.54) is 176 Å². The van der Waals surface area contributed by atoms with Crippen molar-refractivity contribution in [2.24, 2.45) is 7.05 Å². The van der Waals surface area contributed by atoms with Crippen LogP contribution in [-0.2, 0) is 13.6 Å². The van der Waals surface area contributed by atoms with Crippen molar-refractivity contribution in [3.8, 4) is 5.75 Å². The fraction of sp³-hybridized carbons (Fsp3) is 0.255. The molecule has 9 aromatic carbocycles. The van der Waals surface area contributed by atoms with Crippen molar-refractivity contribution in [3.05, 3.63) is 357 Å². The zero-order valence-electron chi connectivity index (χ0n) is 68.7. The van der Waals surface area contributed by atoms with Crippen molar-refractivity contribution < 1.29 is 13.9 Å². The van der Waals surface area contributed by atoms with Gasteiger partial charge in [0, 0.05) is 65.6 Å². The highest BCUT2D eigenvalue weighted by molar-refractivity contribution is 8.03. The molecular formula is C102H114B2N4OS2Si+2. The molecule has 0 aliphatic carbocycles. The highest BCUT2D eigenvalue weighted by atomic mass is 32.2. The van der Waals surface area contributed by atoms with E-state index in [1.807, 2.05) is 29.2 Å². The molecule has 11 aromatic rings. The van der Waals surface area contributed by atoms with Gasteiger partial charge in [-0.2, -0.15) is 4.57 Å². The molecule has 0 bridgehead atoms. The van der Waals surface area contributed by atoms with Crippen molar-refractivity contribution in [1.82, 2.24) is 0 Å². The first-order chi connectivity index (χ1) is 54.5. The van der Waals surface area contributed by atoms with E-state index >= 15 is 0 Å². The van der Waals surface area contributed by atoms with E-state index in [2.05, 4.69) is 414 Å². The Kier molecular flexibility index (Phi) is 30.8. The van der Waals surface area contributed by atoms with Crippen LogP contribution in [0.15, 0.2) is 312 Å². The topological polar surface area (TPSA) is 23.5 Å². The molecule has 0 saturated carbocycles. The molecule has 2 aromatic heterocycles. The van der Waals surface area contributed by atoms with Crippen LogP contribution in [0.2, 0.25) is 12.9 Å². The monoisotopic (exact) mass is 1520 g/mol. The molecule has 0 N–H and O–H groups in total. The van der Waals surface area contributed by atoms with Crippen LogP contribution in [0.3, 0.4) is 0 Å². The number of aromatic nitrogens is 2. The largest absolute Gasteiger partial charge is 0.456 e. The predicted octanol–water partition coefficient (Wildman–Crippen LogP) is 24.0. The number of hydrogen-bond donors (Lipinski definition) is 0. The van der Waals surface area contributed by atoms with E-state index < -0.39 is 7.94 Å². The molecule has 0 spiro atoms. The number of unbranched alkanes of at least 4 members (excludes halogenated alkanes) is 5. The lowest BCUT2D eigenvalue weighted by Crippen LogP contribution is -2.63. The maximum absolute atomic E-state index is 6.45. The van der Waals surface area contributed by atoms with Gasteiger partial charge in [0.1, 0.15) is 23.3 Å². The van der Waals surface area contributed by atoms with Crippen molar-refractivity contribution >= 4 is 122 Å². The molecule has 0 saturated heterocycles. The van der Waals surface area contributed by atoms with Crippen LogP contribution >= 0.6 is 23.1 Å². The number of allylic oxidation sites excluding steroid dienone is 13. The second kappa shape index (κ2) is 41.5. The Bertz CT molecular complexity index is 5210. The van der Waals surface area contributed by atoms with Crippen molar-refractivity contribution in [1.29, 1.82) is 0 Å². The fourth-order valence-corrected chi connectivity index (χ4v) is 20.3. The van der Waals surface area contributed by atoms with Crippen molar-refractivity contribution in [2.45, 2.75) is 158 Å². The average molecular weight is 1530 g/mol. The highest BCUT2D eigenvalue weighted by Gasteiger charge is 2.33. The van der Waals surface area contributed by atoms with Crippen LogP contribution in [0.25, 0.3) is 44.4 Å². The Balaban J connectivity index is 0.000000161. The minimum Gasteiger partial charge on any atom is -0.456 e. The Hall–Kier alpha value is -9.96. The number of rotatable bonds is 25. The van der Waals surface area contributed by atoms with E-state index in [9.17, 15) is 0 Å². The number of benzene rings is 9. The summed E-state index contributed by atoms with van der Waals surface area (Å²) < 4.78 is 12.4. The first-order valence-electron chi connectivity index (χ1n) is 40.7. The third kappa shape index (κ3) is 22.0. The minimum atomic E-state index is -1.87. The first kappa shape index (κ1) is 83.0. The average Bonchev–Trinajstić information content (AvgIpc) is 1.48. The minimum absolute atomic E-state index is 0.867. The Morgan fingerprint density at radius 2 is 1.17 bits per heavy atom. The number of fused-ring (bicyclic) bond motifs is 5. The van der Waals surface area contributed by atoms with Crippen LogP contribution < -0.4 is 45.0 Å². The van der Waals surface area contributed by atoms with Gasteiger partial charge in [-0.3, -0.25) is 0 Å². The SMILES string of the molecule is CCCCCN1C=CC(=CC=C(C)C=Cc2cc[n+](C)c3ccccc23)c2ccccc21.CCCCN1/C(=C/C=C(C)\C=C/C2=CC(=Cc3sc4ccccc4[n+]3CCCC)Oc3ccccc32)Sc2cc(C)c(C)cc21.CCCC[B]c1c(C)cc(C)cc1C.C[Si]([B]c1ccccc1)(c1ccccc1)c1ccccc1. The number of aryl methyl sites for hydroxylation is 7. The zero-order chi connectivity index (χ0) is 78.8. The van der Waals surface area contributed by atoms with Gasteiger partial charge in [-0.1, -0.05) is 358 Å². The molecule has 112 heavy (non-hydrogen) atoms. The normalized spacial score (nSPS) is 14.3. The summed E-state index contributed by atoms with van der Waals surface area (Å²) in [6.45, 7) is 32.4. The summed E-state index contributed by atoms with van der Waals surface area (Å²) in [6, 6.07) is 78.2. The zero-order valence-corrected chi connectivity index (χ0v) is 71.3. The Morgan fingerprint density at radius 3 is 1.88 bits per heavy atom. The van der Waals surface area contributed by atoms with Crippen LogP contribution in [0.1, 0.15) is 149 Å². The summed E-state index contributed by atoms with van der Waals surface area (Å²) >= 11 is 3.71. The number of thioether (sulfide) groups is 1. The Morgan fingerprint density at radius 1 is 0.562 bits per heavy atom. The van der Waals surface area contributed by atoms with Crippen LogP contribution in [0.5, 0.6) is 5.75 Å². The molecule has 3 aliphatic rings. The molecule has 0 unspecified atom stereocenters. The van der Waals surface area contributed by atoms with Gasteiger partial charge in [-0.25, -0.2) is 4.57 Å². The third-order valence-electron chi connectivity index (χ3n) is 21.2. The summed E-state index contributed by atoms with van der Waals surface area (Å²) in [5.74, 6) is 1.76. The van der Waals surface area contributed by atoms with Gasteiger partial charge in [0.25, 0.3) is 5.01 Å². The molecule has 3 aliphatic heterocycles. The molecular weight excluding hydrogens is 1410 g/mol. The van der Waals surface area contributed by atoms with Gasteiger partial charge < -0.3 is 14.5 Å². The summed E-state index contributed by atoms with van der Waals surface area (Å²) in [4.78, 5) is 6.25. The lowest BCUT2D eigenvalue weighted by Gasteiger charge is -2.28. The van der Waals surface area contributed by atoms with Crippen LogP contribution in [0, 0.1) is 34.6 Å². The van der Waals surface area contributed by atoms with Crippen LogP contribution in [0.4, 0.5) is 11.4 Å². The molecule has 5 heterocycles. The number of anilines is 2. The van der Waals surface area contributed by atoms with Gasteiger partial charge in [0.2, 0.25) is 11.0 Å².